The van der Waals surface area contributed by atoms with Crippen molar-refractivity contribution >= 4 is 5.91 Å². The van der Waals surface area contributed by atoms with Crippen LogP contribution < -0.4 is 5.32 Å². The zero-order valence-electron chi connectivity index (χ0n) is 15.5. The molecule has 0 aliphatic carbocycles. The molecule has 2 rings (SSSR count). The van der Waals surface area contributed by atoms with E-state index >= 15 is 0 Å². The monoisotopic (exact) mass is 355 g/mol. The smallest absolute Gasteiger partial charge is 0.217 e. The Morgan fingerprint density at radius 3 is 2.15 bits per heavy atom. The molecule has 1 atom stereocenters. The van der Waals surface area contributed by atoms with E-state index in [0.717, 1.165) is 18.4 Å². The third-order valence-corrected chi connectivity index (χ3v) is 4.60. The zero-order valence-corrected chi connectivity index (χ0v) is 15.5. The van der Waals surface area contributed by atoms with Gasteiger partial charge in [0.1, 0.15) is 0 Å². The summed E-state index contributed by atoms with van der Waals surface area (Å²) in [5.41, 5.74) is 1.90. The van der Waals surface area contributed by atoms with E-state index in [2.05, 4.69) is 17.4 Å². The third-order valence-electron chi connectivity index (χ3n) is 4.60. The lowest BCUT2D eigenvalue weighted by Gasteiger charge is -2.34. The molecule has 0 spiro atoms. The SMILES string of the molecule is CC(=O)NC(CCO)(CCOCc1ccccc1)CCc1ccccc1. The van der Waals surface area contributed by atoms with Gasteiger partial charge in [-0.1, -0.05) is 60.7 Å². The molecule has 2 N–H and O–H groups in total. The lowest BCUT2D eigenvalue weighted by Crippen LogP contribution is -2.49. The molecule has 0 saturated heterocycles. The fourth-order valence-corrected chi connectivity index (χ4v) is 3.21. The van der Waals surface area contributed by atoms with Crippen molar-refractivity contribution in [2.45, 2.75) is 44.8 Å². The van der Waals surface area contributed by atoms with Crippen molar-refractivity contribution in [2.75, 3.05) is 13.2 Å². The Morgan fingerprint density at radius 2 is 1.58 bits per heavy atom. The van der Waals surface area contributed by atoms with Crippen molar-refractivity contribution in [1.82, 2.24) is 5.32 Å². The number of rotatable bonds is 11. The van der Waals surface area contributed by atoms with Crippen LogP contribution in [0.15, 0.2) is 60.7 Å². The van der Waals surface area contributed by atoms with Crippen LogP contribution in [-0.2, 0) is 22.6 Å². The van der Waals surface area contributed by atoms with Gasteiger partial charge >= 0.3 is 0 Å². The fraction of sp³-hybridized carbons (Fsp3) is 0.409. The Hall–Kier alpha value is -2.17. The summed E-state index contributed by atoms with van der Waals surface area (Å²) in [4.78, 5) is 11.8. The van der Waals surface area contributed by atoms with Gasteiger partial charge in [-0.3, -0.25) is 4.79 Å². The molecule has 1 unspecified atom stereocenters. The number of aliphatic hydroxyl groups is 1. The Bertz CT molecular complexity index is 645. The minimum absolute atomic E-state index is 0.0355. The number of benzene rings is 2. The Morgan fingerprint density at radius 1 is 0.962 bits per heavy atom. The van der Waals surface area contributed by atoms with Crippen molar-refractivity contribution in [1.29, 1.82) is 0 Å². The van der Waals surface area contributed by atoms with Gasteiger partial charge in [0.15, 0.2) is 0 Å². The predicted octanol–water partition coefficient (Wildman–Crippen LogP) is 3.48. The Balaban J connectivity index is 1.95. The van der Waals surface area contributed by atoms with Crippen LogP contribution in [0.4, 0.5) is 0 Å². The summed E-state index contributed by atoms with van der Waals surface area (Å²) < 4.78 is 5.82. The number of hydrogen-bond acceptors (Lipinski definition) is 3. The van der Waals surface area contributed by atoms with Crippen molar-refractivity contribution < 1.29 is 14.6 Å². The first-order valence-corrected chi connectivity index (χ1v) is 9.19. The molecule has 0 saturated carbocycles. The number of hydrogen-bond donors (Lipinski definition) is 2. The zero-order chi connectivity index (χ0) is 18.7. The summed E-state index contributed by atoms with van der Waals surface area (Å²) in [5.74, 6) is -0.0745. The first kappa shape index (κ1) is 20.1. The standard InChI is InChI=1S/C22H29NO3/c1-19(25)23-22(14-16-24,13-12-20-8-4-2-5-9-20)15-17-26-18-21-10-6-3-7-11-21/h2-11,24H,12-18H2,1H3,(H,23,25). The maximum atomic E-state index is 11.8. The van der Waals surface area contributed by atoms with Gasteiger partial charge in [-0.25, -0.2) is 0 Å². The molecule has 2 aromatic carbocycles. The van der Waals surface area contributed by atoms with Crippen LogP contribution in [0.1, 0.15) is 37.3 Å². The lowest BCUT2D eigenvalue weighted by molar-refractivity contribution is -0.121. The van der Waals surface area contributed by atoms with Crippen molar-refractivity contribution in [3.63, 3.8) is 0 Å². The number of aryl methyl sites for hydroxylation is 1. The third kappa shape index (κ3) is 6.98. The van der Waals surface area contributed by atoms with Crippen LogP contribution in [0.2, 0.25) is 0 Å². The summed E-state index contributed by atoms with van der Waals surface area (Å²) in [6, 6.07) is 20.2. The molecule has 1 amide bonds. The van der Waals surface area contributed by atoms with E-state index in [1.54, 1.807) is 0 Å². The minimum Gasteiger partial charge on any atom is -0.396 e. The average molecular weight is 355 g/mol. The van der Waals surface area contributed by atoms with E-state index in [0.29, 0.717) is 26.1 Å². The van der Waals surface area contributed by atoms with Crippen LogP contribution in [0.25, 0.3) is 0 Å². The quantitative estimate of drug-likeness (QED) is 0.607. The highest BCUT2D eigenvalue weighted by molar-refractivity contribution is 5.73. The molecule has 0 aliphatic rings. The van der Waals surface area contributed by atoms with E-state index in [-0.39, 0.29) is 12.5 Å². The number of amides is 1. The number of ether oxygens (including phenoxy) is 1. The molecule has 0 radical (unpaired) electrons. The van der Waals surface area contributed by atoms with Gasteiger partial charge in [-0.05, 0) is 36.8 Å². The topological polar surface area (TPSA) is 58.6 Å². The summed E-state index contributed by atoms with van der Waals surface area (Å²) in [6.45, 7) is 2.64. The number of carbonyl (C=O) groups excluding carboxylic acids is 1. The molecule has 26 heavy (non-hydrogen) atoms. The van der Waals surface area contributed by atoms with Gasteiger partial charge in [-0.2, -0.15) is 0 Å². The number of carbonyl (C=O) groups is 1. The van der Waals surface area contributed by atoms with Crippen LogP contribution in [0.5, 0.6) is 0 Å². The summed E-state index contributed by atoms with van der Waals surface area (Å²) >= 11 is 0. The number of aliphatic hydroxyl groups excluding tert-OH is 1. The Labute approximate surface area is 156 Å². The van der Waals surface area contributed by atoms with E-state index in [1.165, 1.54) is 12.5 Å². The molecule has 2 aromatic rings. The van der Waals surface area contributed by atoms with E-state index in [1.807, 2.05) is 48.5 Å². The van der Waals surface area contributed by atoms with Gasteiger partial charge in [0.25, 0.3) is 0 Å². The maximum absolute atomic E-state index is 11.8. The lowest BCUT2D eigenvalue weighted by atomic mass is 9.85. The normalized spacial score (nSPS) is 13.2. The molecule has 140 valence electrons. The van der Waals surface area contributed by atoms with Gasteiger partial charge in [0.05, 0.1) is 6.61 Å². The highest BCUT2D eigenvalue weighted by Crippen LogP contribution is 2.23. The van der Waals surface area contributed by atoms with Gasteiger partial charge in [0.2, 0.25) is 5.91 Å². The van der Waals surface area contributed by atoms with Crippen LogP contribution in [-0.4, -0.2) is 29.8 Å². The van der Waals surface area contributed by atoms with Gasteiger partial charge in [-0.15, -0.1) is 0 Å². The molecule has 0 aliphatic heterocycles. The predicted molar refractivity (Wildman–Crippen MR) is 104 cm³/mol. The highest BCUT2D eigenvalue weighted by Gasteiger charge is 2.30. The summed E-state index contributed by atoms with van der Waals surface area (Å²) in [5, 5.41) is 12.6. The van der Waals surface area contributed by atoms with E-state index < -0.39 is 5.54 Å². The second kappa shape index (κ2) is 10.7. The average Bonchev–Trinajstić information content (AvgIpc) is 2.65. The van der Waals surface area contributed by atoms with Crippen molar-refractivity contribution in [2.24, 2.45) is 0 Å². The molecule has 0 bridgehead atoms. The molecular formula is C22H29NO3. The van der Waals surface area contributed by atoms with Crippen LogP contribution in [0.3, 0.4) is 0 Å². The van der Waals surface area contributed by atoms with Crippen molar-refractivity contribution in [3.05, 3.63) is 71.8 Å². The largest absolute Gasteiger partial charge is 0.396 e. The first-order valence-electron chi connectivity index (χ1n) is 9.19. The molecule has 0 fully saturated rings. The molecule has 0 aromatic heterocycles. The second-order valence-corrected chi connectivity index (χ2v) is 6.71. The Kier molecular flexibility index (Phi) is 8.32. The molecular weight excluding hydrogens is 326 g/mol. The highest BCUT2D eigenvalue weighted by atomic mass is 16.5. The van der Waals surface area contributed by atoms with Crippen LogP contribution in [0, 0.1) is 0 Å². The minimum atomic E-state index is -0.451. The maximum Gasteiger partial charge on any atom is 0.217 e. The van der Waals surface area contributed by atoms with Gasteiger partial charge < -0.3 is 15.2 Å². The van der Waals surface area contributed by atoms with E-state index in [9.17, 15) is 9.90 Å². The molecule has 4 nitrogen and oxygen atoms in total. The summed E-state index contributed by atoms with van der Waals surface area (Å²) in [7, 11) is 0. The summed E-state index contributed by atoms with van der Waals surface area (Å²) in [6.07, 6.45) is 2.81. The molecule has 0 heterocycles. The first-order chi connectivity index (χ1) is 12.6. The van der Waals surface area contributed by atoms with Gasteiger partial charge in [0, 0.05) is 25.7 Å². The van der Waals surface area contributed by atoms with E-state index in [4.69, 9.17) is 4.74 Å². The number of nitrogens with one attached hydrogen (secondary N) is 1. The fourth-order valence-electron chi connectivity index (χ4n) is 3.21. The van der Waals surface area contributed by atoms with Crippen molar-refractivity contribution in [3.8, 4) is 0 Å². The molecule has 4 heteroatoms. The van der Waals surface area contributed by atoms with Crippen LogP contribution >= 0.6 is 0 Å². The second-order valence-electron chi connectivity index (χ2n) is 6.71.